The van der Waals surface area contributed by atoms with Gasteiger partial charge in [-0.25, -0.2) is 8.42 Å². The summed E-state index contributed by atoms with van der Waals surface area (Å²) in [5, 5.41) is 11.7. The first-order valence-electron chi connectivity index (χ1n) is 7.95. The molecule has 1 aromatic rings. The van der Waals surface area contributed by atoms with Crippen LogP contribution in [0.4, 0.5) is 10.7 Å². The molecule has 0 unspecified atom stereocenters. The average molecular weight is 361 g/mol. The van der Waals surface area contributed by atoms with E-state index in [1.54, 1.807) is 0 Å². The Balaban J connectivity index is 2.21. The molecule has 0 radical (unpaired) electrons. The molecule has 1 aliphatic carbocycles. The Hall–Kier alpha value is -1.15. The number of anilines is 1. The van der Waals surface area contributed by atoms with E-state index in [0.29, 0.717) is 5.00 Å². The van der Waals surface area contributed by atoms with Crippen LogP contribution in [0, 0.1) is 16.0 Å². The molecule has 0 aromatic carbocycles. The van der Waals surface area contributed by atoms with Gasteiger partial charge in [0.25, 0.3) is 0 Å². The first kappa shape index (κ1) is 18.2. The molecule has 1 aromatic heterocycles. The fourth-order valence-electron chi connectivity index (χ4n) is 3.31. The van der Waals surface area contributed by atoms with Crippen molar-refractivity contribution in [2.24, 2.45) is 5.92 Å². The summed E-state index contributed by atoms with van der Waals surface area (Å²) < 4.78 is 23.5. The van der Waals surface area contributed by atoms with Crippen LogP contribution in [0.25, 0.3) is 0 Å². The predicted molar refractivity (Wildman–Crippen MR) is 93.1 cm³/mol. The second-order valence-corrected chi connectivity index (χ2v) is 9.63. The highest BCUT2D eigenvalue weighted by atomic mass is 32.2. The molecule has 0 amide bonds. The van der Waals surface area contributed by atoms with E-state index in [0.717, 1.165) is 49.2 Å². The summed E-state index contributed by atoms with van der Waals surface area (Å²) in [6.07, 6.45) is 7.81. The summed E-state index contributed by atoms with van der Waals surface area (Å²) in [7, 11) is -1.59. The van der Waals surface area contributed by atoms with E-state index in [1.807, 2.05) is 11.9 Å². The molecule has 0 spiro atoms. The normalized spacial score (nSPS) is 22.0. The van der Waals surface area contributed by atoms with Gasteiger partial charge in [-0.1, -0.05) is 31.1 Å². The monoisotopic (exact) mass is 360 g/mol. The zero-order valence-corrected chi connectivity index (χ0v) is 15.5. The summed E-state index contributed by atoms with van der Waals surface area (Å²) in [6.45, 7) is 2.19. The zero-order valence-electron chi connectivity index (χ0n) is 13.8. The molecule has 0 atom stereocenters. The number of nitrogens with zero attached hydrogens (tertiary/aromatic N) is 2. The van der Waals surface area contributed by atoms with Gasteiger partial charge in [0.05, 0.1) is 4.92 Å². The van der Waals surface area contributed by atoms with Crippen LogP contribution in [-0.4, -0.2) is 32.7 Å². The standard InChI is InChI=1S/C15H24N2O4S2/c1-4-5-11-6-8-12(9-7-11)16(2)15-13(17(18)19)10-14(22-15)23(3,20)21/h10-12H,4-9H2,1-3H3. The molecular weight excluding hydrogens is 336 g/mol. The minimum Gasteiger partial charge on any atom is -0.358 e. The van der Waals surface area contributed by atoms with Crippen LogP contribution in [-0.2, 0) is 9.84 Å². The van der Waals surface area contributed by atoms with Crippen molar-refractivity contribution in [2.45, 2.75) is 55.7 Å². The van der Waals surface area contributed by atoms with Crippen LogP contribution in [0.3, 0.4) is 0 Å². The third-order valence-electron chi connectivity index (χ3n) is 4.61. The minimum absolute atomic E-state index is 0.0609. The number of thiophene rings is 1. The third kappa shape index (κ3) is 4.23. The number of sulfone groups is 1. The highest BCUT2D eigenvalue weighted by molar-refractivity contribution is 7.92. The Bertz CT molecular complexity index is 661. The Morgan fingerprint density at radius 2 is 1.96 bits per heavy atom. The van der Waals surface area contributed by atoms with Gasteiger partial charge in [-0.05, 0) is 31.6 Å². The maximum atomic E-state index is 11.7. The quantitative estimate of drug-likeness (QED) is 0.568. The lowest BCUT2D eigenvalue weighted by Crippen LogP contribution is -2.35. The smallest absolute Gasteiger partial charge is 0.305 e. The van der Waals surface area contributed by atoms with Crippen molar-refractivity contribution in [3.05, 3.63) is 16.2 Å². The molecule has 23 heavy (non-hydrogen) atoms. The third-order valence-corrected chi connectivity index (χ3v) is 7.63. The highest BCUT2D eigenvalue weighted by Crippen LogP contribution is 2.42. The van der Waals surface area contributed by atoms with Gasteiger partial charge in [-0.2, -0.15) is 0 Å². The molecule has 0 saturated heterocycles. The molecule has 1 aliphatic rings. The van der Waals surface area contributed by atoms with E-state index in [9.17, 15) is 18.5 Å². The second-order valence-electron chi connectivity index (χ2n) is 6.36. The minimum atomic E-state index is -3.43. The van der Waals surface area contributed by atoms with Crippen molar-refractivity contribution in [3.63, 3.8) is 0 Å². The Labute approximate surface area is 141 Å². The van der Waals surface area contributed by atoms with Crippen LogP contribution in [0.2, 0.25) is 0 Å². The van der Waals surface area contributed by atoms with E-state index >= 15 is 0 Å². The lowest BCUT2D eigenvalue weighted by molar-refractivity contribution is -0.383. The Kier molecular flexibility index (Phi) is 5.67. The second kappa shape index (κ2) is 7.17. The molecule has 0 aliphatic heterocycles. The Morgan fingerprint density at radius 3 is 2.43 bits per heavy atom. The van der Waals surface area contributed by atoms with Gasteiger partial charge >= 0.3 is 5.69 Å². The topological polar surface area (TPSA) is 80.5 Å². The molecule has 0 N–H and O–H groups in total. The van der Waals surface area contributed by atoms with Gasteiger partial charge in [0.1, 0.15) is 4.21 Å². The maximum absolute atomic E-state index is 11.7. The molecule has 8 heteroatoms. The summed E-state index contributed by atoms with van der Waals surface area (Å²) in [5.41, 5.74) is -0.103. The average Bonchev–Trinajstić information content (AvgIpc) is 2.93. The van der Waals surface area contributed by atoms with Gasteiger partial charge in [0.15, 0.2) is 14.8 Å². The van der Waals surface area contributed by atoms with Crippen molar-refractivity contribution < 1.29 is 13.3 Å². The van der Waals surface area contributed by atoms with Crippen molar-refractivity contribution in [1.29, 1.82) is 0 Å². The van der Waals surface area contributed by atoms with E-state index < -0.39 is 14.8 Å². The molecule has 6 nitrogen and oxygen atoms in total. The fraction of sp³-hybridized carbons (Fsp3) is 0.733. The summed E-state index contributed by atoms with van der Waals surface area (Å²) in [5.74, 6) is 0.759. The highest BCUT2D eigenvalue weighted by Gasteiger charge is 2.31. The lowest BCUT2D eigenvalue weighted by Gasteiger charge is -2.34. The molecule has 2 rings (SSSR count). The van der Waals surface area contributed by atoms with Crippen molar-refractivity contribution in [1.82, 2.24) is 0 Å². The number of nitro groups is 1. The summed E-state index contributed by atoms with van der Waals surface area (Å²) in [4.78, 5) is 12.7. The maximum Gasteiger partial charge on any atom is 0.305 e. The lowest BCUT2D eigenvalue weighted by atomic mass is 9.83. The van der Waals surface area contributed by atoms with E-state index in [1.165, 1.54) is 18.9 Å². The Morgan fingerprint density at radius 1 is 1.35 bits per heavy atom. The van der Waals surface area contributed by atoms with E-state index in [2.05, 4.69) is 6.92 Å². The van der Waals surface area contributed by atoms with Crippen LogP contribution in [0.15, 0.2) is 10.3 Å². The number of hydrogen-bond donors (Lipinski definition) is 0. The van der Waals surface area contributed by atoms with Gasteiger partial charge in [-0.15, -0.1) is 0 Å². The van der Waals surface area contributed by atoms with Gasteiger partial charge < -0.3 is 4.90 Å². The van der Waals surface area contributed by atoms with Gasteiger partial charge in [0.2, 0.25) is 0 Å². The SMILES string of the molecule is CCCC1CCC(N(C)c2sc(S(C)(=O)=O)cc2[N+](=O)[O-])CC1. The number of hydrogen-bond acceptors (Lipinski definition) is 6. The molecule has 1 saturated carbocycles. The van der Waals surface area contributed by atoms with Gasteiger partial charge in [-0.3, -0.25) is 10.1 Å². The van der Waals surface area contributed by atoms with Gasteiger partial charge in [0, 0.05) is 25.4 Å². The van der Waals surface area contributed by atoms with Crippen LogP contribution in [0.1, 0.15) is 45.4 Å². The summed E-state index contributed by atoms with van der Waals surface area (Å²) >= 11 is 1.00. The van der Waals surface area contributed by atoms with E-state index in [4.69, 9.17) is 0 Å². The van der Waals surface area contributed by atoms with Crippen LogP contribution >= 0.6 is 11.3 Å². The first-order chi connectivity index (χ1) is 10.7. The van der Waals surface area contributed by atoms with Crippen LogP contribution in [0.5, 0.6) is 0 Å². The predicted octanol–water partition coefficient (Wildman–Crippen LogP) is 3.85. The molecule has 130 valence electrons. The van der Waals surface area contributed by atoms with Crippen molar-refractivity contribution >= 4 is 31.9 Å². The molecule has 1 heterocycles. The molecule has 1 fully saturated rings. The first-order valence-corrected chi connectivity index (χ1v) is 10.7. The fourth-order valence-corrected chi connectivity index (χ4v) is 5.37. The van der Waals surface area contributed by atoms with Crippen molar-refractivity contribution in [2.75, 3.05) is 18.2 Å². The molecule has 0 bridgehead atoms. The van der Waals surface area contributed by atoms with Crippen LogP contribution < -0.4 is 4.90 Å². The number of rotatable bonds is 6. The zero-order chi connectivity index (χ0) is 17.2. The van der Waals surface area contributed by atoms with Crippen molar-refractivity contribution in [3.8, 4) is 0 Å². The van der Waals surface area contributed by atoms with E-state index in [-0.39, 0.29) is 15.9 Å². The summed E-state index contributed by atoms with van der Waals surface area (Å²) in [6, 6.07) is 1.43. The molecular formula is C15H24N2O4S2. The largest absolute Gasteiger partial charge is 0.358 e.